The largest absolute Gasteiger partial charge is 0.501 e. The summed E-state index contributed by atoms with van der Waals surface area (Å²) in [5.74, 6) is 1.23. The van der Waals surface area contributed by atoms with E-state index in [4.69, 9.17) is 16.2 Å². The molecule has 1 aromatic rings. The van der Waals surface area contributed by atoms with Crippen LogP contribution in [0.3, 0.4) is 0 Å². The second-order valence-electron chi connectivity index (χ2n) is 5.31. The van der Waals surface area contributed by atoms with Crippen molar-refractivity contribution < 1.29 is 4.74 Å². The van der Waals surface area contributed by atoms with Crippen molar-refractivity contribution in [3.63, 3.8) is 0 Å². The summed E-state index contributed by atoms with van der Waals surface area (Å²) < 4.78 is 5.43. The monoisotopic (exact) mass is 261 g/mol. The van der Waals surface area contributed by atoms with E-state index in [9.17, 15) is 0 Å². The van der Waals surface area contributed by atoms with Crippen LogP contribution in [0.25, 0.3) is 6.08 Å². The maximum absolute atomic E-state index is 6.70. The normalized spacial score (nSPS) is 23.5. The summed E-state index contributed by atoms with van der Waals surface area (Å²) in [6, 6.07) is 3.97. The molecular formula is C15H23N3O. The molecule has 0 saturated heterocycles. The van der Waals surface area contributed by atoms with Crippen LogP contribution >= 0.6 is 0 Å². The third-order valence-corrected chi connectivity index (χ3v) is 4.05. The Labute approximate surface area is 114 Å². The molecule has 19 heavy (non-hydrogen) atoms. The van der Waals surface area contributed by atoms with Crippen molar-refractivity contribution in [3.05, 3.63) is 35.3 Å². The third kappa shape index (κ3) is 2.65. The summed E-state index contributed by atoms with van der Waals surface area (Å²) in [7, 11) is 1.69. The van der Waals surface area contributed by atoms with E-state index in [2.05, 4.69) is 11.9 Å². The minimum absolute atomic E-state index is 0.309. The molecule has 1 aliphatic carbocycles. The highest BCUT2D eigenvalue weighted by Gasteiger charge is 2.39. The lowest BCUT2D eigenvalue weighted by Crippen LogP contribution is -2.46. The van der Waals surface area contributed by atoms with Crippen molar-refractivity contribution in [2.75, 3.05) is 13.7 Å². The van der Waals surface area contributed by atoms with Crippen LogP contribution in [0.1, 0.15) is 37.4 Å². The fourth-order valence-electron chi connectivity index (χ4n) is 2.74. The Morgan fingerprint density at radius 3 is 3.00 bits per heavy atom. The first kappa shape index (κ1) is 14.0. The Morgan fingerprint density at radius 2 is 2.32 bits per heavy atom. The molecule has 0 fully saturated rings. The topological polar surface area (TPSA) is 74.2 Å². The number of nitrogens with two attached hydrogens (primary N) is 2. The SMILES string of the molecule is COC1=Cc2cccnc2C(N)(C(C)CCCN)C1. The minimum atomic E-state index is -0.466. The van der Waals surface area contributed by atoms with Crippen LogP contribution in [0.4, 0.5) is 0 Å². The molecular weight excluding hydrogens is 238 g/mol. The highest BCUT2D eigenvalue weighted by molar-refractivity contribution is 5.59. The standard InChI is InChI=1S/C15H23N3O/c1-11(5-3-7-16)15(17)10-13(19-2)9-12-6-4-8-18-14(12)15/h4,6,8-9,11H,3,5,7,10,16-17H2,1-2H3. The predicted octanol–water partition coefficient (Wildman–Crippen LogP) is 2.00. The van der Waals surface area contributed by atoms with Crippen LogP contribution in [0, 0.1) is 5.92 Å². The summed E-state index contributed by atoms with van der Waals surface area (Å²) in [5.41, 5.74) is 13.9. The van der Waals surface area contributed by atoms with Crippen molar-refractivity contribution in [3.8, 4) is 0 Å². The Kier molecular flexibility index (Phi) is 4.22. The maximum Gasteiger partial charge on any atom is 0.0984 e. The number of nitrogens with zero attached hydrogens (tertiary/aromatic N) is 1. The highest BCUT2D eigenvalue weighted by atomic mass is 16.5. The number of pyridine rings is 1. The summed E-state index contributed by atoms with van der Waals surface area (Å²) >= 11 is 0. The van der Waals surface area contributed by atoms with Gasteiger partial charge in [-0.05, 0) is 37.4 Å². The number of hydrogen-bond acceptors (Lipinski definition) is 4. The van der Waals surface area contributed by atoms with Crippen molar-refractivity contribution in [1.82, 2.24) is 4.98 Å². The first-order valence-corrected chi connectivity index (χ1v) is 6.81. The molecule has 2 atom stereocenters. The van der Waals surface area contributed by atoms with Gasteiger partial charge in [0.2, 0.25) is 0 Å². The summed E-state index contributed by atoms with van der Waals surface area (Å²) in [5, 5.41) is 0. The van der Waals surface area contributed by atoms with Gasteiger partial charge in [-0.1, -0.05) is 13.0 Å². The Balaban J connectivity index is 2.37. The average molecular weight is 261 g/mol. The molecule has 2 unspecified atom stereocenters. The second kappa shape index (κ2) is 5.72. The number of fused-ring (bicyclic) bond motifs is 1. The maximum atomic E-state index is 6.70. The van der Waals surface area contributed by atoms with E-state index in [-0.39, 0.29) is 0 Å². The molecule has 4 nitrogen and oxygen atoms in total. The van der Waals surface area contributed by atoms with Crippen LogP contribution in [0.2, 0.25) is 0 Å². The third-order valence-electron chi connectivity index (χ3n) is 4.05. The molecule has 0 amide bonds. The molecule has 0 spiro atoms. The van der Waals surface area contributed by atoms with Crippen LogP contribution in [0.15, 0.2) is 24.1 Å². The van der Waals surface area contributed by atoms with E-state index in [0.717, 1.165) is 29.9 Å². The fourth-order valence-corrected chi connectivity index (χ4v) is 2.74. The lowest BCUT2D eigenvalue weighted by atomic mass is 9.73. The lowest BCUT2D eigenvalue weighted by Gasteiger charge is -2.39. The Bertz CT molecular complexity index is 472. The molecule has 4 N–H and O–H groups in total. The molecule has 0 bridgehead atoms. The van der Waals surface area contributed by atoms with Gasteiger partial charge in [0.15, 0.2) is 0 Å². The number of ether oxygens (including phenoxy) is 1. The molecule has 0 aromatic carbocycles. The van der Waals surface area contributed by atoms with Crippen molar-refractivity contribution in [2.24, 2.45) is 17.4 Å². The van der Waals surface area contributed by atoms with Gasteiger partial charge in [0, 0.05) is 18.2 Å². The van der Waals surface area contributed by atoms with Crippen LogP contribution in [-0.4, -0.2) is 18.6 Å². The zero-order valence-corrected chi connectivity index (χ0v) is 11.7. The predicted molar refractivity (Wildman–Crippen MR) is 77.2 cm³/mol. The molecule has 1 aromatic heterocycles. The van der Waals surface area contributed by atoms with Crippen LogP contribution < -0.4 is 11.5 Å². The fraction of sp³-hybridized carbons (Fsp3) is 0.533. The quantitative estimate of drug-likeness (QED) is 0.850. The van der Waals surface area contributed by atoms with Gasteiger partial charge in [-0.15, -0.1) is 0 Å². The molecule has 4 heteroatoms. The van der Waals surface area contributed by atoms with E-state index in [1.165, 1.54) is 0 Å². The molecule has 0 aliphatic heterocycles. The number of methoxy groups -OCH3 is 1. The first-order valence-electron chi connectivity index (χ1n) is 6.81. The number of rotatable bonds is 5. The van der Waals surface area contributed by atoms with Gasteiger partial charge in [0.05, 0.1) is 24.1 Å². The Morgan fingerprint density at radius 1 is 1.53 bits per heavy atom. The first-order chi connectivity index (χ1) is 9.11. The molecule has 1 aliphatic rings. The van der Waals surface area contributed by atoms with E-state index in [1.54, 1.807) is 7.11 Å². The van der Waals surface area contributed by atoms with Crippen molar-refractivity contribution in [1.29, 1.82) is 0 Å². The second-order valence-corrected chi connectivity index (χ2v) is 5.31. The van der Waals surface area contributed by atoms with Gasteiger partial charge in [-0.25, -0.2) is 0 Å². The molecule has 104 valence electrons. The average Bonchev–Trinajstić information content (AvgIpc) is 2.44. The molecule has 1 heterocycles. The van der Waals surface area contributed by atoms with Crippen LogP contribution in [0.5, 0.6) is 0 Å². The van der Waals surface area contributed by atoms with E-state index < -0.39 is 5.54 Å². The summed E-state index contributed by atoms with van der Waals surface area (Å²) in [4.78, 5) is 4.51. The minimum Gasteiger partial charge on any atom is -0.501 e. The van der Waals surface area contributed by atoms with Crippen molar-refractivity contribution >= 4 is 6.08 Å². The van der Waals surface area contributed by atoms with Gasteiger partial charge in [-0.3, -0.25) is 4.98 Å². The van der Waals surface area contributed by atoms with Crippen LogP contribution in [-0.2, 0) is 10.3 Å². The van der Waals surface area contributed by atoms with E-state index in [1.807, 2.05) is 24.4 Å². The number of aromatic nitrogens is 1. The van der Waals surface area contributed by atoms with Gasteiger partial charge in [-0.2, -0.15) is 0 Å². The zero-order valence-electron chi connectivity index (χ0n) is 11.7. The van der Waals surface area contributed by atoms with E-state index in [0.29, 0.717) is 18.9 Å². The van der Waals surface area contributed by atoms with E-state index >= 15 is 0 Å². The summed E-state index contributed by atoms with van der Waals surface area (Å²) in [6.45, 7) is 2.87. The van der Waals surface area contributed by atoms with Crippen molar-refractivity contribution in [2.45, 2.75) is 31.7 Å². The zero-order chi connectivity index (χ0) is 13.9. The molecule has 0 radical (unpaired) electrons. The van der Waals surface area contributed by atoms with Gasteiger partial charge in [0.1, 0.15) is 0 Å². The highest BCUT2D eigenvalue weighted by Crippen LogP contribution is 2.40. The summed E-state index contributed by atoms with van der Waals surface area (Å²) in [6.07, 6.45) is 6.51. The lowest BCUT2D eigenvalue weighted by molar-refractivity contribution is 0.199. The Hall–Kier alpha value is -1.39. The van der Waals surface area contributed by atoms with Gasteiger partial charge >= 0.3 is 0 Å². The molecule has 2 rings (SSSR count). The van der Waals surface area contributed by atoms with Gasteiger partial charge in [0.25, 0.3) is 0 Å². The molecule has 0 saturated carbocycles. The number of hydrogen-bond donors (Lipinski definition) is 2. The van der Waals surface area contributed by atoms with Gasteiger partial charge < -0.3 is 16.2 Å². The smallest absolute Gasteiger partial charge is 0.0984 e.